The molecular weight excluding hydrogens is 280 g/mol. The number of sulfone groups is 1. The second-order valence-electron chi connectivity index (χ2n) is 4.06. The van der Waals surface area contributed by atoms with Gasteiger partial charge in [-0.05, 0) is 18.2 Å². The molecule has 2 rings (SSSR count). The highest BCUT2D eigenvalue weighted by atomic mass is 32.2. The van der Waals surface area contributed by atoms with Crippen LogP contribution in [0.15, 0.2) is 41.4 Å². The van der Waals surface area contributed by atoms with E-state index < -0.39 is 15.8 Å². The summed E-state index contributed by atoms with van der Waals surface area (Å²) >= 11 is 0. The van der Waals surface area contributed by atoms with E-state index in [1.807, 2.05) is 0 Å². The van der Waals surface area contributed by atoms with Crippen LogP contribution in [-0.2, 0) is 14.6 Å². The van der Waals surface area contributed by atoms with Gasteiger partial charge in [0.15, 0.2) is 21.4 Å². The Hall–Kier alpha value is -2.28. The van der Waals surface area contributed by atoms with Crippen molar-refractivity contribution in [3.63, 3.8) is 0 Å². The monoisotopic (exact) mass is 292 g/mol. The van der Waals surface area contributed by atoms with Crippen molar-refractivity contribution in [3.05, 3.63) is 42.2 Å². The maximum Gasteiger partial charge on any atom is 0.356 e. The minimum absolute atomic E-state index is 0.113. The summed E-state index contributed by atoms with van der Waals surface area (Å²) in [6, 6.07) is 7.65. The number of nitrogens with zero attached hydrogens (tertiary/aromatic N) is 2. The van der Waals surface area contributed by atoms with Crippen LogP contribution in [0, 0.1) is 0 Å². The Labute approximate surface area is 116 Å². The normalized spacial score (nSPS) is 11.1. The molecule has 0 aliphatic heterocycles. The fourth-order valence-electron chi connectivity index (χ4n) is 1.58. The Morgan fingerprint density at radius 1 is 1.25 bits per heavy atom. The van der Waals surface area contributed by atoms with Crippen molar-refractivity contribution >= 4 is 15.8 Å². The number of hydrogen-bond acceptors (Lipinski definition) is 6. The molecule has 0 radical (unpaired) electrons. The van der Waals surface area contributed by atoms with Gasteiger partial charge in [-0.3, -0.25) is 0 Å². The molecule has 0 atom stereocenters. The third-order valence-electron chi connectivity index (χ3n) is 2.57. The molecule has 104 valence electrons. The molecule has 1 heterocycles. The van der Waals surface area contributed by atoms with E-state index in [2.05, 4.69) is 14.7 Å². The number of methoxy groups -OCH3 is 1. The maximum atomic E-state index is 11.5. The van der Waals surface area contributed by atoms with Crippen molar-refractivity contribution in [2.24, 2.45) is 0 Å². The van der Waals surface area contributed by atoms with Crippen molar-refractivity contribution in [1.29, 1.82) is 0 Å². The number of aromatic nitrogens is 2. The minimum Gasteiger partial charge on any atom is -0.464 e. The van der Waals surface area contributed by atoms with Gasteiger partial charge in [-0.15, -0.1) is 0 Å². The van der Waals surface area contributed by atoms with Crippen LogP contribution in [0.2, 0.25) is 0 Å². The van der Waals surface area contributed by atoms with Crippen molar-refractivity contribution in [2.75, 3.05) is 13.4 Å². The predicted molar refractivity (Wildman–Crippen MR) is 71.9 cm³/mol. The number of esters is 1. The first-order valence-corrected chi connectivity index (χ1v) is 7.53. The van der Waals surface area contributed by atoms with Crippen molar-refractivity contribution in [3.8, 4) is 11.4 Å². The smallest absolute Gasteiger partial charge is 0.356 e. The Kier molecular flexibility index (Phi) is 3.80. The number of rotatable bonds is 3. The van der Waals surface area contributed by atoms with Crippen LogP contribution in [0.5, 0.6) is 0 Å². The van der Waals surface area contributed by atoms with Crippen LogP contribution in [0.1, 0.15) is 10.5 Å². The third-order valence-corrected chi connectivity index (χ3v) is 3.68. The highest BCUT2D eigenvalue weighted by molar-refractivity contribution is 7.90. The van der Waals surface area contributed by atoms with Crippen molar-refractivity contribution in [2.45, 2.75) is 4.90 Å². The van der Waals surface area contributed by atoms with Gasteiger partial charge in [0.1, 0.15) is 0 Å². The van der Waals surface area contributed by atoms with E-state index in [1.54, 1.807) is 12.1 Å². The molecule has 0 bridgehead atoms. The van der Waals surface area contributed by atoms with Gasteiger partial charge in [-0.2, -0.15) is 0 Å². The largest absolute Gasteiger partial charge is 0.464 e. The molecule has 0 unspecified atom stereocenters. The van der Waals surface area contributed by atoms with Gasteiger partial charge in [0, 0.05) is 18.0 Å². The van der Waals surface area contributed by atoms with Crippen LogP contribution in [-0.4, -0.2) is 37.7 Å². The van der Waals surface area contributed by atoms with Crippen LogP contribution in [0.25, 0.3) is 11.4 Å². The van der Waals surface area contributed by atoms with Crippen LogP contribution < -0.4 is 0 Å². The lowest BCUT2D eigenvalue weighted by molar-refractivity contribution is 0.0594. The highest BCUT2D eigenvalue weighted by Crippen LogP contribution is 2.19. The Morgan fingerprint density at radius 3 is 2.65 bits per heavy atom. The summed E-state index contributed by atoms with van der Waals surface area (Å²) in [5, 5.41) is 0. The van der Waals surface area contributed by atoms with Crippen LogP contribution in [0.3, 0.4) is 0 Å². The van der Waals surface area contributed by atoms with E-state index in [4.69, 9.17) is 0 Å². The standard InChI is InChI=1S/C13H12N2O4S/c1-19-13(16)11-6-7-14-12(15-11)9-4-3-5-10(8-9)20(2,17)18/h3-8H,1-2H3. The van der Waals surface area contributed by atoms with E-state index in [-0.39, 0.29) is 16.4 Å². The number of hydrogen-bond donors (Lipinski definition) is 0. The van der Waals surface area contributed by atoms with E-state index >= 15 is 0 Å². The molecule has 6 nitrogen and oxygen atoms in total. The SMILES string of the molecule is COC(=O)c1ccnc(-c2cccc(S(C)(=O)=O)c2)n1. The summed E-state index contributed by atoms with van der Waals surface area (Å²) < 4.78 is 27.6. The second kappa shape index (κ2) is 5.38. The van der Waals surface area contributed by atoms with E-state index in [0.29, 0.717) is 5.56 Å². The number of carbonyl (C=O) groups excluding carboxylic acids is 1. The summed E-state index contributed by atoms with van der Waals surface area (Å²) in [7, 11) is -2.05. The quantitative estimate of drug-likeness (QED) is 0.793. The second-order valence-corrected chi connectivity index (χ2v) is 6.07. The first-order valence-electron chi connectivity index (χ1n) is 5.63. The topological polar surface area (TPSA) is 86.2 Å². The summed E-state index contributed by atoms with van der Waals surface area (Å²) in [6.07, 6.45) is 2.54. The van der Waals surface area contributed by atoms with Gasteiger partial charge >= 0.3 is 5.97 Å². The highest BCUT2D eigenvalue weighted by Gasteiger charge is 2.12. The average Bonchev–Trinajstić information content (AvgIpc) is 2.46. The lowest BCUT2D eigenvalue weighted by Gasteiger charge is -2.04. The van der Waals surface area contributed by atoms with Crippen LogP contribution >= 0.6 is 0 Å². The third kappa shape index (κ3) is 3.00. The van der Waals surface area contributed by atoms with Gasteiger partial charge in [0.2, 0.25) is 0 Å². The van der Waals surface area contributed by atoms with E-state index in [9.17, 15) is 13.2 Å². The maximum absolute atomic E-state index is 11.5. The zero-order chi connectivity index (χ0) is 14.8. The Balaban J connectivity index is 2.50. The Bertz CT molecular complexity index is 756. The molecule has 0 spiro atoms. The molecule has 2 aromatic rings. The molecule has 7 heteroatoms. The lowest BCUT2D eigenvalue weighted by atomic mass is 10.2. The first kappa shape index (κ1) is 14.1. The summed E-state index contributed by atoms with van der Waals surface area (Å²) in [4.78, 5) is 19.7. The minimum atomic E-state index is -3.31. The van der Waals surface area contributed by atoms with Gasteiger partial charge in [-0.25, -0.2) is 23.2 Å². The molecule has 0 N–H and O–H groups in total. The molecule has 1 aromatic carbocycles. The van der Waals surface area contributed by atoms with Gasteiger partial charge in [0.05, 0.1) is 12.0 Å². The molecule has 0 fully saturated rings. The predicted octanol–water partition coefficient (Wildman–Crippen LogP) is 1.33. The zero-order valence-corrected chi connectivity index (χ0v) is 11.7. The zero-order valence-electron chi connectivity index (χ0n) is 10.9. The fourth-order valence-corrected chi connectivity index (χ4v) is 2.25. The van der Waals surface area contributed by atoms with Crippen LogP contribution in [0.4, 0.5) is 0 Å². The lowest BCUT2D eigenvalue weighted by Crippen LogP contribution is -2.05. The molecule has 0 saturated carbocycles. The van der Waals surface area contributed by atoms with E-state index in [0.717, 1.165) is 6.26 Å². The van der Waals surface area contributed by atoms with Crippen molar-refractivity contribution < 1.29 is 17.9 Å². The molecule has 0 amide bonds. The number of carbonyl (C=O) groups is 1. The molecule has 0 aliphatic rings. The van der Waals surface area contributed by atoms with Crippen molar-refractivity contribution in [1.82, 2.24) is 9.97 Å². The summed E-state index contributed by atoms with van der Waals surface area (Å²) in [6.45, 7) is 0. The first-order chi connectivity index (χ1) is 9.41. The van der Waals surface area contributed by atoms with Gasteiger partial charge in [-0.1, -0.05) is 12.1 Å². The summed E-state index contributed by atoms with van der Waals surface area (Å²) in [5.74, 6) is -0.314. The number of benzene rings is 1. The van der Waals surface area contributed by atoms with Gasteiger partial charge < -0.3 is 4.74 Å². The van der Waals surface area contributed by atoms with E-state index in [1.165, 1.54) is 31.5 Å². The Morgan fingerprint density at radius 2 is 2.00 bits per heavy atom. The molecule has 0 aliphatic carbocycles. The molecule has 0 saturated heterocycles. The molecule has 20 heavy (non-hydrogen) atoms. The molecular formula is C13H12N2O4S. The fraction of sp³-hybridized carbons (Fsp3) is 0.154. The number of ether oxygens (including phenoxy) is 1. The summed E-state index contributed by atoms with van der Waals surface area (Å²) in [5.41, 5.74) is 0.626. The molecule has 1 aromatic heterocycles. The van der Waals surface area contributed by atoms with Gasteiger partial charge in [0.25, 0.3) is 0 Å². The average molecular weight is 292 g/mol.